The van der Waals surface area contributed by atoms with Crippen LogP contribution >= 0.6 is 12.4 Å². The number of carbonyl (C=O) groups is 2. The van der Waals surface area contributed by atoms with E-state index in [1.807, 2.05) is 17.0 Å². The largest absolute Gasteiger partial charge is 0.508 e. The number of hydrogen-bond acceptors (Lipinski definition) is 5. The third-order valence-electron chi connectivity index (χ3n) is 5.92. The van der Waals surface area contributed by atoms with Crippen LogP contribution in [0.25, 0.3) is 0 Å². The zero-order valence-electron chi connectivity index (χ0n) is 16.4. The summed E-state index contributed by atoms with van der Waals surface area (Å²) in [6, 6.07) is 12.3. The van der Waals surface area contributed by atoms with Gasteiger partial charge in [-0.3, -0.25) is 4.79 Å². The molecule has 2 saturated heterocycles. The van der Waals surface area contributed by atoms with Crippen molar-refractivity contribution in [3.8, 4) is 5.75 Å². The average molecular weight is 417 g/mol. The predicted molar refractivity (Wildman–Crippen MR) is 112 cm³/mol. The number of methoxy groups -OCH3 is 1. The molecule has 7 heteroatoms. The molecular formula is C22H25ClN2O4. The fraction of sp³-hybridized carbons (Fsp3) is 0.364. The number of nitrogens with zero attached hydrogens (tertiary/aromatic N) is 1. The molecular weight excluding hydrogens is 392 g/mol. The highest BCUT2D eigenvalue weighted by Gasteiger charge is 2.47. The van der Waals surface area contributed by atoms with Crippen LogP contribution < -0.4 is 5.32 Å². The van der Waals surface area contributed by atoms with Crippen molar-refractivity contribution in [2.24, 2.45) is 11.8 Å². The SMILES string of the molecule is COC(=O)c1cc(O)cc(C(=O)N2C[C@@H]3CNC[C@@H]3[C@H]2c2ccccc2C)c1.Cl. The molecule has 2 fully saturated rings. The molecule has 0 aromatic heterocycles. The summed E-state index contributed by atoms with van der Waals surface area (Å²) in [5.74, 6) is -0.139. The second kappa shape index (κ2) is 8.43. The second-order valence-corrected chi connectivity index (χ2v) is 7.60. The number of phenolic OH excluding ortho intramolecular Hbond substituents is 1. The van der Waals surface area contributed by atoms with Crippen LogP contribution in [-0.4, -0.2) is 48.6 Å². The second-order valence-electron chi connectivity index (χ2n) is 7.60. The Labute approximate surface area is 176 Å². The first-order valence-corrected chi connectivity index (χ1v) is 9.49. The molecule has 0 aliphatic carbocycles. The highest BCUT2D eigenvalue weighted by atomic mass is 35.5. The third kappa shape index (κ3) is 3.82. The van der Waals surface area contributed by atoms with Crippen molar-refractivity contribution in [2.75, 3.05) is 26.7 Å². The summed E-state index contributed by atoms with van der Waals surface area (Å²) >= 11 is 0. The topological polar surface area (TPSA) is 78.9 Å². The number of aryl methyl sites for hydroxylation is 1. The van der Waals surface area contributed by atoms with Gasteiger partial charge in [0.05, 0.1) is 18.7 Å². The number of benzene rings is 2. The Morgan fingerprint density at radius 2 is 1.86 bits per heavy atom. The molecule has 0 unspecified atom stereocenters. The maximum absolute atomic E-state index is 13.4. The summed E-state index contributed by atoms with van der Waals surface area (Å²) in [6.07, 6.45) is 0. The Kier molecular flexibility index (Phi) is 6.15. The molecule has 0 spiro atoms. The minimum absolute atomic E-state index is 0. The molecule has 6 nitrogen and oxygen atoms in total. The number of fused-ring (bicyclic) bond motifs is 1. The van der Waals surface area contributed by atoms with E-state index in [9.17, 15) is 14.7 Å². The lowest BCUT2D eigenvalue weighted by atomic mass is 9.87. The van der Waals surface area contributed by atoms with Crippen LogP contribution in [0, 0.1) is 18.8 Å². The fourth-order valence-electron chi connectivity index (χ4n) is 4.58. The summed E-state index contributed by atoms with van der Waals surface area (Å²) in [6.45, 7) is 4.49. The number of ether oxygens (including phenoxy) is 1. The zero-order chi connectivity index (χ0) is 19.8. The minimum Gasteiger partial charge on any atom is -0.508 e. The Hall–Kier alpha value is -2.57. The van der Waals surface area contributed by atoms with Crippen molar-refractivity contribution in [1.82, 2.24) is 10.2 Å². The van der Waals surface area contributed by atoms with E-state index in [1.54, 1.807) is 0 Å². The summed E-state index contributed by atoms with van der Waals surface area (Å²) in [7, 11) is 1.27. The van der Waals surface area contributed by atoms with Gasteiger partial charge in [0.25, 0.3) is 5.91 Å². The fourth-order valence-corrected chi connectivity index (χ4v) is 4.58. The van der Waals surface area contributed by atoms with Crippen LogP contribution in [0.3, 0.4) is 0 Å². The smallest absolute Gasteiger partial charge is 0.338 e. The van der Waals surface area contributed by atoms with E-state index in [4.69, 9.17) is 4.74 Å². The third-order valence-corrected chi connectivity index (χ3v) is 5.92. The number of rotatable bonds is 3. The quantitative estimate of drug-likeness (QED) is 0.752. The first-order chi connectivity index (χ1) is 13.5. The molecule has 0 bridgehead atoms. The summed E-state index contributed by atoms with van der Waals surface area (Å²) in [5.41, 5.74) is 2.77. The summed E-state index contributed by atoms with van der Waals surface area (Å²) in [4.78, 5) is 27.2. The lowest BCUT2D eigenvalue weighted by molar-refractivity contribution is 0.0600. The van der Waals surface area contributed by atoms with E-state index in [0.717, 1.165) is 24.2 Å². The Morgan fingerprint density at radius 1 is 1.14 bits per heavy atom. The number of phenols is 1. The molecule has 0 saturated carbocycles. The molecule has 2 aliphatic heterocycles. The minimum atomic E-state index is -0.581. The van der Waals surface area contributed by atoms with Crippen molar-refractivity contribution in [3.05, 3.63) is 64.7 Å². The standard InChI is InChI=1S/C22H24N2O4.ClH/c1-13-5-3-4-6-18(13)20-19-11-23-10-16(19)12-24(20)21(26)14-7-15(22(27)28-2)9-17(25)8-14;/h3-9,16,19-20,23,25H,10-12H2,1-2H3;1H/t16-,19-,20+;/m0./s1. The van der Waals surface area contributed by atoms with Crippen LogP contribution in [0.2, 0.25) is 0 Å². The van der Waals surface area contributed by atoms with E-state index in [-0.39, 0.29) is 35.7 Å². The van der Waals surface area contributed by atoms with Gasteiger partial charge in [-0.25, -0.2) is 4.79 Å². The predicted octanol–water partition coefficient (Wildman–Crippen LogP) is 2.94. The first-order valence-electron chi connectivity index (χ1n) is 9.49. The van der Waals surface area contributed by atoms with Gasteiger partial charge < -0.3 is 20.1 Å². The van der Waals surface area contributed by atoms with Crippen LogP contribution in [0.5, 0.6) is 5.75 Å². The first kappa shape index (κ1) is 21.1. The van der Waals surface area contributed by atoms with Crippen molar-refractivity contribution < 1.29 is 19.4 Å². The van der Waals surface area contributed by atoms with E-state index >= 15 is 0 Å². The van der Waals surface area contributed by atoms with Crippen molar-refractivity contribution in [3.63, 3.8) is 0 Å². The van der Waals surface area contributed by atoms with E-state index in [2.05, 4.69) is 24.4 Å². The summed E-state index contributed by atoms with van der Waals surface area (Å²) in [5, 5.41) is 13.5. The average Bonchev–Trinajstić information content (AvgIpc) is 3.28. The molecule has 154 valence electrons. The normalized spacial score (nSPS) is 22.7. The lowest BCUT2D eigenvalue weighted by Gasteiger charge is -2.30. The number of amides is 1. The molecule has 2 N–H and O–H groups in total. The van der Waals surface area contributed by atoms with Gasteiger partial charge in [-0.15, -0.1) is 12.4 Å². The molecule has 4 rings (SSSR count). The number of halogens is 1. The Balaban J connectivity index is 0.00000240. The maximum Gasteiger partial charge on any atom is 0.338 e. The molecule has 1 amide bonds. The molecule has 2 aromatic carbocycles. The monoisotopic (exact) mass is 416 g/mol. The van der Waals surface area contributed by atoms with Crippen LogP contribution in [0.1, 0.15) is 37.9 Å². The Bertz CT molecular complexity index is 933. The number of carbonyl (C=O) groups excluding carboxylic acids is 2. The highest BCUT2D eigenvalue weighted by molar-refractivity contribution is 5.99. The van der Waals surface area contributed by atoms with Gasteiger partial charge in [0.2, 0.25) is 0 Å². The molecule has 3 atom stereocenters. The van der Waals surface area contributed by atoms with Crippen molar-refractivity contribution >= 4 is 24.3 Å². The number of esters is 1. The van der Waals surface area contributed by atoms with Gasteiger partial charge in [-0.1, -0.05) is 24.3 Å². The van der Waals surface area contributed by atoms with Gasteiger partial charge in [0.15, 0.2) is 0 Å². The maximum atomic E-state index is 13.4. The number of aromatic hydroxyl groups is 1. The van der Waals surface area contributed by atoms with E-state index in [1.165, 1.54) is 25.3 Å². The lowest BCUT2D eigenvalue weighted by Crippen LogP contribution is -2.35. The van der Waals surface area contributed by atoms with E-state index in [0.29, 0.717) is 23.9 Å². The Morgan fingerprint density at radius 3 is 2.59 bits per heavy atom. The van der Waals surface area contributed by atoms with Gasteiger partial charge >= 0.3 is 5.97 Å². The number of hydrogen-bond donors (Lipinski definition) is 2. The van der Waals surface area contributed by atoms with Crippen molar-refractivity contribution in [2.45, 2.75) is 13.0 Å². The van der Waals surface area contributed by atoms with Gasteiger partial charge in [0, 0.05) is 31.1 Å². The molecule has 29 heavy (non-hydrogen) atoms. The van der Waals surface area contributed by atoms with Crippen LogP contribution in [0.4, 0.5) is 0 Å². The van der Waals surface area contributed by atoms with Gasteiger partial charge in [-0.05, 0) is 42.2 Å². The zero-order valence-corrected chi connectivity index (χ0v) is 17.2. The number of likely N-dealkylation sites (tertiary alicyclic amines) is 1. The van der Waals surface area contributed by atoms with Crippen molar-refractivity contribution in [1.29, 1.82) is 0 Å². The molecule has 2 heterocycles. The molecule has 2 aromatic rings. The summed E-state index contributed by atoms with van der Waals surface area (Å²) < 4.78 is 4.74. The van der Waals surface area contributed by atoms with Gasteiger partial charge in [-0.2, -0.15) is 0 Å². The molecule has 0 radical (unpaired) electrons. The highest BCUT2D eigenvalue weighted by Crippen LogP contribution is 2.44. The number of nitrogens with one attached hydrogen (secondary N) is 1. The van der Waals surface area contributed by atoms with Gasteiger partial charge in [0.1, 0.15) is 5.75 Å². The molecule has 2 aliphatic rings. The van der Waals surface area contributed by atoms with E-state index < -0.39 is 5.97 Å². The van der Waals surface area contributed by atoms with Crippen LogP contribution in [0.15, 0.2) is 42.5 Å². The van der Waals surface area contributed by atoms with Crippen LogP contribution in [-0.2, 0) is 4.74 Å².